The second kappa shape index (κ2) is 9.30. The number of fused-ring (bicyclic) bond motifs is 1. The summed E-state index contributed by atoms with van der Waals surface area (Å²) in [5, 5.41) is 13.9. The molecule has 0 radical (unpaired) electrons. The van der Waals surface area contributed by atoms with Crippen molar-refractivity contribution in [2.75, 3.05) is 26.8 Å². The summed E-state index contributed by atoms with van der Waals surface area (Å²) in [7, 11) is 1.42. The molecule has 160 valence electrons. The number of benzene rings is 1. The van der Waals surface area contributed by atoms with E-state index in [1.165, 1.54) is 7.11 Å². The van der Waals surface area contributed by atoms with E-state index < -0.39 is 0 Å². The van der Waals surface area contributed by atoms with Crippen LogP contribution in [0.1, 0.15) is 43.2 Å². The van der Waals surface area contributed by atoms with Crippen LogP contribution in [0.3, 0.4) is 0 Å². The molecule has 1 aliphatic rings. The highest BCUT2D eigenvalue weighted by molar-refractivity contribution is 5.76. The Morgan fingerprint density at radius 2 is 2.00 bits per heavy atom. The summed E-state index contributed by atoms with van der Waals surface area (Å²) in [5.74, 6) is 1.000. The SMILES string of the molecule is COC(=O)N1CCC(n2ccc(Cc3nc4ccccc4n3CCCCO)n2)CC1. The zero-order valence-electron chi connectivity index (χ0n) is 17.4. The summed E-state index contributed by atoms with van der Waals surface area (Å²) in [5.41, 5.74) is 3.11. The molecule has 0 unspecified atom stereocenters. The number of piperidine rings is 1. The Balaban J connectivity index is 1.47. The topological polar surface area (TPSA) is 85.4 Å². The van der Waals surface area contributed by atoms with E-state index >= 15 is 0 Å². The Morgan fingerprint density at radius 3 is 2.77 bits per heavy atom. The molecule has 3 heterocycles. The predicted octanol–water partition coefficient (Wildman–Crippen LogP) is 3.00. The summed E-state index contributed by atoms with van der Waals surface area (Å²) in [6.45, 7) is 2.42. The van der Waals surface area contributed by atoms with Crippen LogP contribution in [0.15, 0.2) is 36.5 Å². The first kappa shape index (κ1) is 20.4. The lowest BCUT2D eigenvalue weighted by atomic mass is 10.1. The minimum atomic E-state index is -0.255. The number of imidazole rings is 1. The Bertz CT molecular complexity index is 988. The number of nitrogens with zero attached hydrogens (tertiary/aromatic N) is 5. The van der Waals surface area contributed by atoms with Crippen molar-refractivity contribution in [3.63, 3.8) is 0 Å². The first-order chi connectivity index (χ1) is 14.7. The van der Waals surface area contributed by atoms with Crippen LogP contribution in [0.5, 0.6) is 0 Å². The number of methoxy groups -OCH3 is 1. The highest BCUT2D eigenvalue weighted by Crippen LogP contribution is 2.24. The number of unbranched alkanes of at least 4 members (excludes halogenated alkanes) is 1. The molecule has 1 aromatic carbocycles. The Hall–Kier alpha value is -2.87. The van der Waals surface area contributed by atoms with Crippen LogP contribution in [0.25, 0.3) is 11.0 Å². The van der Waals surface area contributed by atoms with E-state index in [-0.39, 0.29) is 12.7 Å². The average Bonchev–Trinajstić information content (AvgIpc) is 3.38. The second-order valence-electron chi connectivity index (χ2n) is 7.75. The Labute approximate surface area is 176 Å². The number of aliphatic hydroxyl groups excluding tert-OH is 1. The van der Waals surface area contributed by atoms with Gasteiger partial charge < -0.3 is 19.3 Å². The van der Waals surface area contributed by atoms with Crippen molar-refractivity contribution in [1.82, 2.24) is 24.2 Å². The number of amides is 1. The van der Waals surface area contributed by atoms with Crippen LogP contribution in [-0.2, 0) is 17.7 Å². The van der Waals surface area contributed by atoms with E-state index in [0.29, 0.717) is 25.6 Å². The molecule has 1 saturated heterocycles. The van der Waals surface area contributed by atoms with Gasteiger partial charge in [0.05, 0.1) is 36.3 Å². The lowest BCUT2D eigenvalue weighted by Crippen LogP contribution is -2.39. The number of aromatic nitrogens is 4. The van der Waals surface area contributed by atoms with Crippen LogP contribution in [-0.4, -0.2) is 62.2 Å². The summed E-state index contributed by atoms with van der Waals surface area (Å²) in [6.07, 6.45) is 5.89. The zero-order valence-corrected chi connectivity index (χ0v) is 17.4. The van der Waals surface area contributed by atoms with Gasteiger partial charge in [-0.15, -0.1) is 0 Å². The number of likely N-dealkylation sites (tertiary alicyclic amines) is 1. The largest absolute Gasteiger partial charge is 0.453 e. The monoisotopic (exact) mass is 411 g/mol. The van der Waals surface area contributed by atoms with Gasteiger partial charge in [0.2, 0.25) is 0 Å². The Kier molecular flexibility index (Phi) is 6.32. The molecular formula is C22H29N5O3. The number of hydrogen-bond acceptors (Lipinski definition) is 5. The van der Waals surface area contributed by atoms with E-state index in [1.54, 1.807) is 4.90 Å². The van der Waals surface area contributed by atoms with Crippen LogP contribution < -0.4 is 0 Å². The van der Waals surface area contributed by atoms with E-state index in [9.17, 15) is 4.79 Å². The fraction of sp³-hybridized carbons (Fsp3) is 0.500. The van der Waals surface area contributed by atoms with Gasteiger partial charge in [-0.1, -0.05) is 12.1 Å². The zero-order chi connectivity index (χ0) is 20.9. The third-order valence-corrected chi connectivity index (χ3v) is 5.80. The second-order valence-corrected chi connectivity index (χ2v) is 7.75. The highest BCUT2D eigenvalue weighted by Gasteiger charge is 2.25. The predicted molar refractivity (Wildman–Crippen MR) is 113 cm³/mol. The number of aryl methyl sites for hydroxylation is 1. The third-order valence-electron chi connectivity index (χ3n) is 5.80. The van der Waals surface area contributed by atoms with E-state index in [0.717, 1.165) is 54.8 Å². The highest BCUT2D eigenvalue weighted by atomic mass is 16.5. The quantitative estimate of drug-likeness (QED) is 0.604. The van der Waals surface area contributed by atoms with Gasteiger partial charge in [-0.2, -0.15) is 5.10 Å². The summed E-state index contributed by atoms with van der Waals surface area (Å²) >= 11 is 0. The Morgan fingerprint density at radius 1 is 1.20 bits per heavy atom. The number of ether oxygens (including phenoxy) is 1. The molecule has 1 amide bonds. The number of para-hydroxylation sites is 2. The molecular weight excluding hydrogens is 382 g/mol. The van der Waals surface area contributed by atoms with Crippen molar-refractivity contribution < 1.29 is 14.6 Å². The fourth-order valence-corrected chi connectivity index (χ4v) is 4.17. The number of carbonyl (C=O) groups is 1. The normalized spacial score (nSPS) is 15.1. The maximum absolute atomic E-state index is 11.7. The number of carbonyl (C=O) groups excluding carboxylic acids is 1. The van der Waals surface area contributed by atoms with Crippen molar-refractivity contribution in [1.29, 1.82) is 0 Å². The standard InChI is InChI=1S/C22H29N5O3/c1-30-22(29)25-12-9-18(10-13-25)27-14-8-17(24-27)16-21-23-19-6-2-3-7-20(19)26(21)11-4-5-15-28/h2-3,6-8,14,18,28H,4-5,9-13,15-16H2,1H3. The summed E-state index contributed by atoms with van der Waals surface area (Å²) in [4.78, 5) is 18.3. The molecule has 3 aromatic rings. The van der Waals surface area contributed by atoms with Crippen LogP contribution in [0.2, 0.25) is 0 Å². The maximum atomic E-state index is 11.7. The van der Waals surface area contributed by atoms with Crippen molar-refractivity contribution in [2.45, 2.75) is 44.7 Å². The van der Waals surface area contributed by atoms with Gasteiger partial charge in [-0.3, -0.25) is 4.68 Å². The van der Waals surface area contributed by atoms with Gasteiger partial charge in [0.1, 0.15) is 5.82 Å². The molecule has 0 bridgehead atoms. The number of hydrogen-bond donors (Lipinski definition) is 1. The first-order valence-electron chi connectivity index (χ1n) is 10.6. The average molecular weight is 412 g/mol. The number of aliphatic hydroxyl groups is 1. The van der Waals surface area contributed by atoms with Crippen molar-refractivity contribution in [2.24, 2.45) is 0 Å². The molecule has 1 N–H and O–H groups in total. The van der Waals surface area contributed by atoms with Crippen molar-refractivity contribution in [3.8, 4) is 0 Å². The molecule has 2 aromatic heterocycles. The molecule has 0 aliphatic carbocycles. The van der Waals surface area contributed by atoms with E-state index in [4.69, 9.17) is 19.9 Å². The first-order valence-corrected chi connectivity index (χ1v) is 10.6. The summed E-state index contributed by atoms with van der Waals surface area (Å²) in [6, 6.07) is 10.5. The van der Waals surface area contributed by atoms with Gasteiger partial charge in [-0.05, 0) is 43.9 Å². The maximum Gasteiger partial charge on any atom is 0.409 e. The number of rotatable bonds is 7. The summed E-state index contributed by atoms with van der Waals surface area (Å²) < 4.78 is 9.09. The molecule has 8 nitrogen and oxygen atoms in total. The third kappa shape index (κ3) is 4.33. The molecule has 4 rings (SSSR count). The van der Waals surface area contributed by atoms with Gasteiger partial charge in [0.15, 0.2) is 0 Å². The minimum absolute atomic E-state index is 0.209. The molecule has 1 aliphatic heterocycles. The van der Waals surface area contributed by atoms with Crippen LogP contribution >= 0.6 is 0 Å². The van der Waals surface area contributed by atoms with E-state index in [1.807, 2.05) is 29.1 Å². The van der Waals surface area contributed by atoms with Crippen molar-refractivity contribution >= 4 is 17.1 Å². The van der Waals surface area contributed by atoms with E-state index in [2.05, 4.69) is 16.7 Å². The molecule has 0 saturated carbocycles. The van der Waals surface area contributed by atoms with Gasteiger partial charge in [0.25, 0.3) is 0 Å². The lowest BCUT2D eigenvalue weighted by molar-refractivity contribution is 0.105. The fourth-order valence-electron chi connectivity index (χ4n) is 4.17. The molecule has 1 fully saturated rings. The molecule has 8 heteroatoms. The van der Waals surface area contributed by atoms with Crippen LogP contribution in [0, 0.1) is 0 Å². The molecule has 30 heavy (non-hydrogen) atoms. The molecule has 0 atom stereocenters. The van der Waals surface area contributed by atoms with Crippen molar-refractivity contribution in [3.05, 3.63) is 48.0 Å². The van der Waals surface area contributed by atoms with Crippen LogP contribution in [0.4, 0.5) is 4.79 Å². The lowest BCUT2D eigenvalue weighted by Gasteiger charge is -2.30. The van der Waals surface area contributed by atoms with Gasteiger partial charge in [0, 0.05) is 32.4 Å². The van der Waals surface area contributed by atoms with Gasteiger partial charge >= 0.3 is 6.09 Å². The van der Waals surface area contributed by atoms with Gasteiger partial charge in [-0.25, -0.2) is 9.78 Å². The smallest absolute Gasteiger partial charge is 0.409 e. The minimum Gasteiger partial charge on any atom is -0.453 e. The molecule has 0 spiro atoms.